The highest BCUT2D eigenvalue weighted by atomic mass is 16.5. The SMILES string of the molecule is C=CC(=O)C(C)(C)OCCC(=O)C(C)(C)O. The minimum Gasteiger partial charge on any atom is -0.383 e. The molecular weight excluding hydrogens is 208 g/mol. The second-order valence-electron chi connectivity index (χ2n) is 4.66. The van der Waals surface area contributed by atoms with Crippen LogP contribution in [0.5, 0.6) is 0 Å². The molecule has 0 unspecified atom stereocenters. The van der Waals surface area contributed by atoms with E-state index in [2.05, 4.69) is 6.58 Å². The van der Waals surface area contributed by atoms with Gasteiger partial charge in [0, 0.05) is 6.42 Å². The molecule has 0 aliphatic heterocycles. The molecule has 0 heterocycles. The van der Waals surface area contributed by atoms with Crippen LogP contribution in [0.25, 0.3) is 0 Å². The molecule has 0 atom stereocenters. The molecule has 0 rings (SSSR count). The molecule has 0 aliphatic carbocycles. The Bertz CT molecular complexity index is 284. The molecule has 0 amide bonds. The Morgan fingerprint density at radius 1 is 1.31 bits per heavy atom. The van der Waals surface area contributed by atoms with E-state index in [1.165, 1.54) is 19.9 Å². The molecule has 0 aromatic heterocycles. The summed E-state index contributed by atoms with van der Waals surface area (Å²) in [6, 6.07) is 0. The zero-order chi connectivity index (χ0) is 13.0. The summed E-state index contributed by atoms with van der Waals surface area (Å²) in [5.74, 6) is -0.544. The van der Waals surface area contributed by atoms with E-state index < -0.39 is 11.2 Å². The molecule has 0 aromatic carbocycles. The molecule has 0 bridgehead atoms. The molecule has 92 valence electrons. The number of hydrogen-bond donors (Lipinski definition) is 1. The first-order chi connectivity index (χ1) is 7.11. The maximum atomic E-state index is 11.4. The minimum absolute atomic E-state index is 0.0807. The van der Waals surface area contributed by atoms with Gasteiger partial charge < -0.3 is 9.84 Å². The Morgan fingerprint density at radius 3 is 2.19 bits per heavy atom. The van der Waals surface area contributed by atoms with Gasteiger partial charge in [0.05, 0.1) is 6.61 Å². The van der Waals surface area contributed by atoms with Crippen LogP contribution in [0.2, 0.25) is 0 Å². The van der Waals surface area contributed by atoms with E-state index in [4.69, 9.17) is 4.74 Å². The highest BCUT2D eigenvalue weighted by Gasteiger charge is 2.28. The van der Waals surface area contributed by atoms with Crippen molar-refractivity contribution in [1.82, 2.24) is 0 Å². The fourth-order valence-electron chi connectivity index (χ4n) is 1.02. The van der Waals surface area contributed by atoms with Crippen LogP contribution in [-0.2, 0) is 14.3 Å². The van der Waals surface area contributed by atoms with Crippen molar-refractivity contribution in [2.24, 2.45) is 0 Å². The number of rotatable bonds is 7. The van der Waals surface area contributed by atoms with Gasteiger partial charge in [0.1, 0.15) is 11.2 Å². The summed E-state index contributed by atoms with van der Waals surface area (Å²) in [5.41, 5.74) is -2.32. The second kappa shape index (κ2) is 5.37. The van der Waals surface area contributed by atoms with Crippen LogP contribution in [0.15, 0.2) is 12.7 Å². The van der Waals surface area contributed by atoms with E-state index in [1.54, 1.807) is 13.8 Å². The number of carbonyl (C=O) groups is 2. The van der Waals surface area contributed by atoms with Gasteiger partial charge in [-0.05, 0) is 33.8 Å². The van der Waals surface area contributed by atoms with E-state index in [1.807, 2.05) is 0 Å². The predicted octanol–water partition coefficient (Wildman–Crippen LogP) is 1.27. The Hall–Kier alpha value is -1.00. The van der Waals surface area contributed by atoms with Crippen LogP contribution in [0, 0.1) is 0 Å². The summed E-state index contributed by atoms with van der Waals surface area (Å²) in [5, 5.41) is 9.38. The Balaban J connectivity index is 4.14. The van der Waals surface area contributed by atoms with Gasteiger partial charge in [0.15, 0.2) is 11.6 Å². The maximum absolute atomic E-state index is 11.4. The molecule has 0 saturated heterocycles. The lowest BCUT2D eigenvalue weighted by Crippen LogP contribution is -2.36. The number of ether oxygens (including phenoxy) is 1. The van der Waals surface area contributed by atoms with Crippen LogP contribution in [0.4, 0.5) is 0 Å². The third-order valence-corrected chi connectivity index (χ3v) is 2.25. The van der Waals surface area contributed by atoms with Crippen molar-refractivity contribution >= 4 is 11.6 Å². The van der Waals surface area contributed by atoms with Gasteiger partial charge in [-0.15, -0.1) is 0 Å². The van der Waals surface area contributed by atoms with Crippen LogP contribution < -0.4 is 0 Å². The van der Waals surface area contributed by atoms with Crippen LogP contribution in [0.1, 0.15) is 34.1 Å². The fourth-order valence-corrected chi connectivity index (χ4v) is 1.02. The van der Waals surface area contributed by atoms with Gasteiger partial charge in [0.2, 0.25) is 0 Å². The highest BCUT2D eigenvalue weighted by Crippen LogP contribution is 2.13. The van der Waals surface area contributed by atoms with Crippen molar-refractivity contribution in [3.63, 3.8) is 0 Å². The zero-order valence-electron chi connectivity index (χ0n) is 10.4. The number of carbonyl (C=O) groups excluding carboxylic acids is 2. The lowest BCUT2D eigenvalue weighted by Gasteiger charge is -2.23. The van der Waals surface area contributed by atoms with Crippen LogP contribution in [-0.4, -0.2) is 34.5 Å². The van der Waals surface area contributed by atoms with Gasteiger partial charge in [-0.2, -0.15) is 0 Å². The molecule has 0 radical (unpaired) electrons. The van der Waals surface area contributed by atoms with Crippen molar-refractivity contribution < 1.29 is 19.4 Å². The summed E-state index contributed by atoms with van der Waals surface area (Å²) in [6.45, 7) is 9.56. The Labute approximate surface area is 96.3 Å². The molecule has 0 saturated carbocycles. The Morgan fingerprint density at radius 2 is 1.81 bits per heavy atom. The van der Waals surface area contributed by atoms with Crippen LogP contribution >= 0.6 is 0 Å². The van der Waals surface area contributed by atoms with Gasteiger partial charge in [-0.1, -0.05) is 6.58 Å². The topological polar surface area (TPSA) is 63.6 Å². The van der Waals surface area contributed by atoms with Gasteiger partial charge in [-0.25, -0.2) is 0 Å². The standard InChI is InChI=1S/C12H20O4/c1-6-9(13)12(4,5)16-8-7-10(14)11(2,3)15/h6,15H,1,7-8H2,2-5H3. The van der Waals surface area contributed by atoms with Crippen LogP contribution in [0.3, 0.4) is 0 Å². The lowest BCUT2D eigenvalue weighted by molar-refractivity contribution is -0.141. The highest BCUT2D eigenvalue weighted by molar-refractivity contribution is 5.95. The van der Waals surface area contributed by atoms with Gasteiger partial charge in [-0.3, -0.25) is 9.59 Å². The molecule has 4 nitrogen and oxygen atoms in total. The number of ketones is 2. The zero-order valence-corrected chi connectivity index (χ0v) is 10.4. The molecule has 1 N–H and O–H groups in total. The van der Waals surface area contributed by atoms with Crippen molar-refractivity contribution in [3.05, 3.63) is 12.7 Å². The molecular formula is C12H20O4. The van der Waals surface area contributed by atoms with E-state index in [0.717, 1.165) is 0 Å². The van der Waals surface area contributed by atoms with Crippen molar-refractivity contribution in [3.8, 4) is 0 Å². The second-order valence-corrected chi connectivity index (χ2v) is 4.66. The summed E-state index contributed by atoms with van der Waals surface area (Å²) in [6.07, 6.45) is 1.27. The van der Waals surface area contributed by atoms with E-state index >= 15 is 0 Å². The number of hydrogen-bond acceptors (Lipinski definition) is 4. The third-order valence-electron chi connectivity index (χ3n) is 2.25. The molecule has 4 heteroatoms. The summed E-state index contributed by atoms with van der Waals surface area (Å²) in [7, 11) is 0. The van der Waals surface area contributed by atoms with Crippen molar-refractivity contribution in [2.75, 3.05) is 6.61 Å². The lowest BCUT2D eigenvalue weighted by atomic mass is 10.0. The average Bonchev–Trinajstić information content (AvgIpc) is 2.14. The summed E-state index contributed by atoms with van der Waals surface area (Å²) in [4.78, 5) is 22.7. The van der Waals surface area contributed by atoms with E-state index in [-0.39, 0.29) is 24.6 Å². The van der Waals surface area contributed by atoms with E-state index in [0.29, 0.717) is 0 Å². The third kappa shape index (κ3) is 4.68. The first kappa shape index (κ1) is 15.0. The molecule has 0 aliphatic rings. The maximum Gasteiger partial charge on any atom is 0.186 e. The van der Waals surface area contributed by atoms with Crippen molar-refractivity contribution in [1.29, 1.82) is 0 Å². The first-order valence-corrected chi connectivity index (χ1v) is 5.18. The monoisotopic (exact) mass is 228 g/mol. The minimum atomic E-state index is -1.35. The predicted molar refractivity (Wildman–Crippen MR) is 61.2 cm³/mol. The average molecular weight is 228 g/mol. The van der Waals surface area contributed by atoms with Crippen molar-refractivity contribution in [2.45, 2.75) is 45.3 Å². The molecule has 0 spiro atoms. The van der Waals surface area contributed by atoms with Gasteiger partial charge >= 0.3 is 0 Å². The molecule has 0 aromatic rings. The fraction of sp³-hybridized carbons (Fsp3) is 0.667. The quantitative estimate of drug-likeness (QED) is 0.666. The number of aliphatic hydroxyl groups is 1. The summed E-state index contributed by atoms with van der Waals surface area (Å²) >= 11 is 0. The van der Waals surface area contributed by atoms with E-state index in [9.17, 15) is 14.7 Å². The molecule has 16 heavy (non-hydrogen) atoms. The number of Topliss-reactive ketones (excluding diaryl/α,β-unsaturated/α-hetero) is 1. The normalized spacial score (nSPS) is 12.3. The first-order valence-electron chi connectivity index (χ1n) is 5.18. The molecule has 0 fully saturated rings. The smallest absolute Gasteiger partial charge is 0.186 e. The largest absolute Gasteiger partial charge is 0.383 e. The van der Waals surface area contributed by atoms with Gasteiger partial charge in [0.25, 0.3) is 0 Å². The summed E-state index contributed by atoms with van der Waals surface area (Å²) < 4.78 is 5.30. The Kier molecular flexibility index (Phi) is 5.03.